The first-order chi connectivity index (χ1) is 16.3. The molecule has 0 amide bonds. The average molecular weight is 450 g/mol. The number of anilines is 1. The maximum atomic E-state index is 5.77. The number of hydrogen-bond acceptors (Lipinski definition) is 4. The Kier molecular flexibility index (Phi) is 6.22. The van der Waals surface area contributed by atoms with Crippen molar-refractivity contribution in [2.45, 2.75) is 19.4 Å². The summed E-state index contributed by atoms with van der Waals surface area (Å²) < 4.78 is 2.43. The molecule has 5 rings (SSSR count). The molecule has 2 heterocycles. The van der Waals surface area contributed by atoms with Crippen molar-refractivity contribution in [3.05, 3.63) is 108 Å². The van der Waals surface area contributed by atoms with E-state index in [4.69, 9.17) is 5.73 Å². The lowest BCUT2D eigenvalue weighted by Crippen LogP contribution is -2.39. The fourth-order valence-electron chi connectivity index (χ4n) is 4.11. The summed E-state index contributed by atoms with van der Waals surface area (Å²) in [5, 5.41) is 9.66. The van der Waals surface area contributed by atoms with Crippen LogP contribution in [-0.2, 0) is 13.0 Å². The van der Waals surface area contributed by atoms with Crippen LogP contribution < -0.4 is 10.3 Å². The molecule has 0 saturated carbocycles. The Morgan fingerprint density at radius 1 is 0.636 bits per heavy atom. The summed E-state index contributed by atoms with van der Waals surface area (Å²) in [5.41, 5.74) is 13.0. The molecule has 0 aliphatic heterocycles. The third-order valence-electron chi connectivity index (χ3n) is 5.67. The summed E-state index contributed by atoms with van der Waals surface area (Å²) in [6, 6.07) is 36.4. The summed E-state index contributed by atoms with van der Waals surface area (Å²) in [7, 11) is 0. The van der Waals surface area contributed by atoms with Gasteiger partial charge >= 0.3 is 0 Å². The molecular formula is C28H25N4S+. The van der Waals surface area contributed by atoms with E-state index in [0.29, 0.717) is 5.13 Å². The Bertz CT molecular complexity index is 1270. The van der Waals surface area contributed by atoms with E-state index in [1.807, 2.05) is 0 Å². The van der Waals surface area contributed by atoms with Gasteiger partial charge < -0.3 is 5.73 Å². The largest absolute Gasteiger partial charge is 0.374 e. The number of nitrogens with zero attached hydrogens (tertiary/aromatic N) is 3. The van der Waals surface area contributed by atoms with Crippen LogP contribution in [-0.4, -0.2) is 10.2 Å². The lowest BCUT2D eigenvalue weighted by Gasteiger charge is -2.13. The minimum atomic E-state index is 0.528. The number of benzene rings is 3. The predicted molar refractivity (Wildman–Crippen MR) is 136 cm³/mol. The van der Waals surface area contributed by atoms with Crippen LogP contribution >= 0.6 is 11.3 Å². The van der Waals surface area contributed by atoms with Gasteiger partial charge in [0.2, 0.25) is 16.5 Å². The molecule has 162 valence electrons. The Labute approximate surface area is 198 Å². The Balaban J connectivity index is 1.63. The van der Waals surface area contributed by atoms with Gasteiger partial charge in [-0.25, -0.2) is 0 Å². The van der Waals surface area contributed by atoms with Crippen molar-refractivity contribution >= 4 is 16.5 Å². The SMILES string of the molecule is Nc1nnc(CCC[n+]2c(-c3ccccc3)cc(-c3ccccc3)cc2-c2ccccc2)s1. The van der Waals surface area contributed by atoms with Crippen molar-refractivity contribution in [3.63, 3.8) is 0 Å². The van der Waals surface area contributed by atoms with Crippen LogP contribution in [0.2, 0.25) is 0 Å². The topological polar surface area (TPSA) is 55.7 Å². The summed E-state index contributed by atoms with van der Waals surface area (Å²) >= 11 is 1.47. The van der Waals surface area contributed by atoms with E-state index in [1.165, 1.54) is 45.0 Å². The fourth-order valence-corrected chi connectivity index (χ4v) is 4.76. The number of pyridine rings is 1. The molecule has 0 spiro atoms. The number of hydrogen-bond donors (Lipinski definition) is 1. The molecular weight excluding hydrogens is 424 g/mol. The molecule has 0 fully saturated rings. The number of aromatic nitrogens is 3. The van der Waals surface area contributed by atoms with Crippen LogP contribution in [0.15, 0.2) is 103 Å². The van der Waals surface area contributed by atoms with Gasteiger partial charge in [0, 0.05) is 36.1 Å². The molecule has 2 N–H and O–H groups in total. The molecule has 0 radical (unpaired) electrons. The highest BCUT2D eigenvalue weighted by molar-refractivity contribution is 7.15. The highest BCUT2D eigenvalue weighted by atomic mass is 32.1. The molecule has 2 aromatic heterocycles. The fraction of sp³-hybridized carbons (Fsp3) is 0.107. The molecule has 3 aromatic carbocycles. The second-order valence-corrected chi connectivity index (χ2v) is 9.00. The number of nitrogen functional groups attached to an aromatic ring is 1. The van der Waals surface area contributed by atoms with Crippen molar-refractivity contribution in [1.29, 1.82) is 0 Å². The molecule has 33 heavy (non-hydrogen) atoms. The van der Waals surface area contributed by atoms with Crippen LogP contribution in [0.3, 0.4) is 0 Å². The van der Waals surface area contributed by atoms with Gasteiger partial charge in [0.1, 0.15) is 11.6 Å². The molecule has 0 bridgehead atoms. The second-order valence-electron chi connectivity index (χ2n) is 7.90. The smallest absolute Gasteiger partial charge is 0.213 e. The lowest BCUT2D eigenvalue weighted by atomic mass is 9.99. The highest BCUT2D eigenvalue weighted by Crippen LogP contribution is 2.29. The van der Waals surface area contributed by atoms with Gasteiger partial charge in [0.05, 0.1) is 0 Å². The van der Waals surface area contributed by atoms with E-state index in [0.717, 1.165) is 24.4 Å². The normalized spacial score (nSPS) is 10.9. The Hall–Kier alpha value is -3.83. The first kappa shape index (κ1) is 21.0. The van der Waals surface area contributed by atoms with E-state index >= 15 is 0 Å². The van der Waals surface area contributed by atoms with E-state index < -0.39 is 0 Å². The van der Waals surface area contributed by atoms with E-state index in [-0.39, 0.29) is 0 Å². The number of rotatable bonds is 7. The summed E-state index contributed by atoms with van der Waals surface area (Å²) in [6.45, 7) is 0.864. The minimum Gasteiger partial charge on any atom is -0.374 e. The van der Waals surface area contributed by atoms with Gasteiger partial charge in [-0.2, -0.15) is 4.57 Å². The van der Waals surface area contributed by atoms with E-state index in [2.05, 4.69) is 118 Å². The van der Waals surface area contributed by atoms with Gasteiger partial charge in [-0.05, 0) is 35.4 Å². The molecule has 5 aromatic rings. The quantitative estimate of drug-likeness (QED) is 0.308. The molecule has 0 saturated heterocycles. The standard InChI is InChI=1S/C28H25N4S/c29-28-31-30-27(33-28)17-10-18-32-25(22-13-6-2-7-14-22)19-24(21-11-4-1-5-12-21)20-26(32)23-15-8-3-9-16-23/h1-9,11-16,19-20H,10,17-18H2,(H2,29,31)/q+1. The Morgan fingerprint density at radius 2 is 1.15 bits per heavy atom. The number of nitrogens with two attached hydrogens (primary N) is 1. The first-order valence-electron chi connectivity index (χ1n) is 11.1. The average Bonchev–Trinajstić information content (AvgIpc) is 3.30. The van der Waals surface area contributed by atoms with Gasteiger partial charge in [-0.15, -0.1) is 10.2 Å². The van der Waals surface area contributed by atoms with Gasteiger partial charge in [0.25, 0.3) is 0 Å². The van der Waals surface area contributed by atoms with E-state index in [1.54, 1.807) is 0 Å². The van der Waals surface area contributed by atoms with Crippen molar-refractivity contribution < 1.29 is 4.57 Å². The third kappa shape index (κ3) is 4.83. The van der Waals surface area contributed by atoms with Gasteiger partial charge in [-0.1, -0.05) is 78.1 Å². The Morgan fingerprint density at radius 3 is 1.64 bits per heavy atom. The van der Waals surface area contributed by atoms with Crippen molar-refractivity contribution in [3.8, 4) is 33.6 Å². The monoisotopic (exact) mass is 449 g/mol. The zero-order valence-corrected chi connectivity index (χ0v) is 19.1. The molecule has 5 heteroatoms. The van der Waals surface area contributed by atoms with Crippen LogP contribution in [0.5, 0.6) is 0 Å². The van der Waals surface area contributed by atoms with Crippen LogP contribution in [0.4, 0.5) is 5.13 Å². The van der Waals surface area contributed by atoms with Gasteiger partial charge in [-0.3, -0.25) is 0 Å². The zero-order chi connectivity index (χ0) is 22.5. The van der Waals surface area contributed by atoms with Crippen LogP contribution in [0, 0.1) is 0 Å². The zero-order valence-electron chi connectivity index (χ0n) is 18.3. The van der Waals surface area contributed by atoms with Crippen molar-refractivity contribution in [2.75, 3.05) is 5.73 Å². The van der Waals surface area contributed by atoms with E-state index in [9.17, 15) is 0 Å². The minimum absolute atomic E-state index is 0.528. The summed E-state index contributed by atoms with van der Waals surface area (Å²) in [5.74, 6) is 0. The maximum Gasteiger partial charge on any atom is 0.213 e. The van der Waals surface area contributed by atoms with Crippen LogP contribution in [0.1, 0.15) is 11.4 Å². The van der Waals surface area contributed by atoms with Crippen molar-refractivity contribution in [1.82, 2.24) is 10.2 Å². The lowest BCUT2D eigenvalue weighted by molar-refractivity contribution is -0.675. The molecule has 0 atom stereocenters. The highest BCUT2D eigenvalue weighted by Gasteiger charge is 2.22. The van der Waals surface area contributed by atoms with Gasteiger partial charge in [0.15, 0.2) is 0 Å². The summed E-state index contributed by atoms with van der Waals surface area (Å²) in [6.07, 6.45) is 1.80. The first-order valence-corrected chi connectivity index (χ1v) is 11.9. The number of aryl methyl sites for hydroxylation is 1. The molecule has 4 nitrogen and oxygen atoms in total. The molecule has 0 aliphatic carbocycles. The molecule has 0 aliphatic rings. The third-order valence-corrected chi connectivity index (χ3v) is 6.48. The predicted octanol–water partition coefficient (Wildman–Crippen LogP) is 6.04. The van der Waals surface area contributed by atoms with Crippen molar-refractivity contribution in [2.24, 2.45) is 0 Å². The van der Waals surface area contributed by atoms with Crippen LogP contribution in [0.25, 0.3) is 33.6 Å². The second kappa shape index (κ2) is 9.76. The maximum absolute atomic E-state index is 5.77. The molecule has 0 unspecified atom stereocenters. The summed E-state index contributed by atoms with van der Waals surface area (Å²) in [4.78, 5) is 0.